The molecule has 0 amide bonds. The van der Waals surface area contributed by atoms with Crippen LogP contribution in [0.4, 0.5) is 5.69 Å². The van der Waals surface area contributed by atoms with Crippen molar-refractivity contribution >= 4 is 52.1 Å². The number of benzene rings is 3. The van der Waals surface area contributed by atoms with E-state index in [0.29, 0.717) is 28.2 Å². The maximum atomic E-state index is 6.22. The molecule has 3 rings (SSSR count). The van der Waals surface area contributed by atoms with E-state index < -0.39 is 0 Å². The standard InChI is InChI=1S/C21H17Cl4NO/c1-13-2-6-18(10-19(13)24)26-11-15-8-16(22)5-7-21(15)27-12-14-3-4-17(23)9-20(14)25/h2-10,26H,11-12H2,1H3. The van der Waals surface area contributed by atoms with Gasteiger partial charge in [0.05, 0.1) is 0 Å². The first-order valence-electron chi connectivity index (χ1n) is 8.27. The van der Waals surface area contributed by atoms with Gasteiger partial charge in [-0.1, -0.05) is 58.5 Å². The molecule has 0 spiro atoms. The molecule has 0 bridgehead atoms. The number of aryl methyl sites for hydroxylation is 1. The minimum absolute atomic E-state index is 0.334. The second kappa shape index (κ2) is 9.07. The molecule has 1 N–H and O–H groups in total. The first-order valence-corrected chi connectivity index (χ1v) is 9.79. The number of halogens is 4. The van der Waals surface area contributed by atoms with Crippen molar-refractivity contribution in [3.05, 3.63) is 91.4 Å². The summed E-state index contributed by atoms with van der Waals surface area (Å²) in [6, 6.07) is 16.7. The first kappa shape index (κ1) is 20.2. The van der Waals surface area contributed by atoms with Gasteiger partial charge in [-0.3, -0.25) is 0 Å². The Morgan fingerprint density at radius 2 is 1.52 bits per heavy atom. The highest BCUT2D eigenvalue weighted by Gasteiger charge is 2.08. The molecule has 27 heavy (non-hydrogen) atoms. The van der Waals surface area contributed by atoms with Crippen LogP contribution in [0.2, 0.25) is 20.1 Å². The molecule has 0 aliphatic rings. The highest BCUT2D eigenvalue weighted by Crippen LogP contribution is 2.28. The fourth-order valence-corrected chi connectivity index (χ4v) is 3.36. The fourth-order valence-electron chi connectivity index (χ4n) is 2.52. The van der Waals surface area contributed by atoms with Crippen LogP contribution < -0.4 is 10.1 Å². The fraction of sp³-hybridized carbons (Fsp3) is 0.143. The zero-order valence-corrected chi connectivity index (χ0v) is 17.6. The van der Waals surface area contributed by atoms with Gasteiger partial charge in [0.25, 0.3) is 0 Å². The molecule has 140 valence electrons. The van der Waals surface area contributed by atoms with E-state index >= 15 is 0 Å². The quantitative estimate of drug-likeness (QED) is 0.422. The minimum atomic E-state index is 0.334. The predicted molar refractivity (Wildman–Crippen MR) is 116 cm³/mol. The van der Waals surface area contributed by atoms with E-state index in [2.05, 4.69) is 5.32 Å². The highest BCUT2D eigenvalue weighted by atomic mass is 35.5. The van der Waals surface area contributed by atoms with E-state index in [1.807, 2.05) is 43.3 Å². The summed E-state index contributed by atoms with van der Waals surface area (Å²) in [5, 5.41) is 5.88. The van der Waals surface area contributed by atoms with Crippen LogP contribution >= 0.6 is 46.4 Å². The molecule has 0 atom stereocenters. The Balaban J connectivity index is 1.73. The summed E-state index contributed by atoms with van der Waals surface area (Å²) in [5.41, 5.74) is 3.76. The second-order valence-electron chi connectivity index (χ2n) is 6.09. The van der Waals surface area contributed by atoms with Crippen molar-refractivity contribution in [2.24, 2.45) is 0 Å². The first-order chi connectivity index (χ1) is 12.9. The van der Waals surface area contributed by atoms with Crippen molar-refractivity contribution < 1.29 is 4.74 Å². The lowest BCUT2D eigenvalue weighted by Crippen LogP contribution is -2.04. The van der Waals surface area contributed by atoms with Gasteiger partial charge in [-0.05, 0) is 55.0 Å². The van der Waals surface area contributed by atoms with Crippen molar-refractivity contribution in [1.29, 1.82) is 0 Å². The van der Waals surface area contributed by atoms with Gasteiger partial charge in [0.1, 0.15) is 12.4 Å². The Hall–Kier alpha value is -1.58. The van der Waals surface area contributed by atoms with Gasteiger partial charge in [-0.2, -0.15) is 0 Å². The third-order valence-corrected chi connectivity index (χ3v) is 5.30. The molecular weight excluding hydrogens is 424 g/mol. The van der Waals surface area contributed by atoms with E-state index in [1.54, 1.807) is 18.2 Å². The average molecular weight is 441 g/mol. The molecule has 3 aromatic carbocycles. The summed E-state index contributed by atoms with van der Waals surface area (Å²) in [6.07, 6.45) is 0. The van der Waals surface area contributed by atoms with Crippen LogP contribution in [0.15, 0.2) is 54.6 Å². The van der Waals surface area contributed by atoms with Crippen molar-refractivity contribution in [1.82, 2.24) is 0 Å². The number of anilines is 1. The van der Waals surface area contributed by atoms with Gasteiger partial charge in [-0.15, -0.1) is 0 Å². The summed E-state index contributed by atoms with van der Waals surface area (Å²) in [5.74, 6) is 0.733. The van der Waals surface area contributed by atoms with Crippen LogP contribution in [-0.2, 0) is 13.2 Å². The van der Waals surface area contributed by atoms with Crippen LogP contribution in [0.5, 0.6) is 5.75 Å². The monoisotopic (exact) mass is 439 g/mol. The van der Waals surface area contributed by atoms with E-state index in [1.165, 1.54) is 0 Å². The number of hydrogen-bond donors (Lipinski definition) is 1. The molecule has 0 aromatic heterocycles. The Kier molecular flexibility index (Phi) is 6.78. The van der Waals surface area contributed by atoms with Crippen molar-refractivity contribution in [3.8, 4) is 5.75 Å². The molecular formula is C21H17Cl4NO. The van der Waals surface area contributed by atoms with Crippen LogP contribution in [0.3, 0.4) is 0 Å². The van der Waals surface area contributed by atoms with Crippen LogP contribution in [-0.4, -0.2) is 0 Å². The highest BCUT2D eigenvalue weighted by molar-refractivity contribution is 6.35. The average Bonchev–Trinajstić information content (AvgIpc) is 2.63. The maximum Gasteiger partial charge on any atom is 0.124 e. The second-order valence-corrected chi connectivity index (χ2v) is 7.78. The summed E-state index contributed by atoms with van der Waals surface area (Å²) < 4.78 is 5.98. The van der Waals surface area contributed by atoms with Crippen LogP contribution in [0, 0.1) is 6.92 Å². The van der Waals surface area contributed by atoms with Gasteiger partial charge in [-0.25, -0.2) is 0 Å². The van der Waals surface area contributed by atoms with E-state index in [4.69, 9.17) is 51.1 Å². The molecule has 0 saturated heterocycles. The lowest BCUT2D eigenvalue weighted by atomic mass is 10.1. The zero-order valence-electron chi connectivity index (χ0n) is 14.5. The van der Waals surface area contributed by atoms with Gasteiger partial charge in [0.2, 0.25) is 0 Å². The van der Waals surface area contributed by atoms with E-state index in [-0.39, 0.29) is 0 Å². The van der Waals surface area contributed by atoms with E-state index in [0.717, 1.165) is 33.1 Å². The normalized spacial score (nSPS) is 10.7. The Morgan fingerprint density at radius 3 is 2.26 bits per heavy atom. The Bertz CT molecular complexity index is 959. The Morgan fingerprint density at radius 1 is 0.778 bits per heavy atom. The molecule has 2 nitrogen and oxygen atoms in total. The SMILES string of the molecule is Cc1ccc(NCc2cc(Cl)ccc2OCc2ccc(Cl)cc2Cl)cc1Cl. The maximum absolute atomic E-state index is 6.22. The summed E-state index contributed by atoms with van der Waals surface area (Å²) in [6.45, 7) is 2.85. The van der Waals surface area contributed by atoms with Crippen molar-refractivity contribution in [2.75, 3.05) is 5.32 Å². The largest absolute Gasteiger partial charge is 0.488 e. The number of hydrogen-bond acceptors (Lipinski definition) is 2. The molecule has 0 radical (unpaired) electrons. The molecule has 0 aliphatic heterocycles. The number of rotatable bonds is 6. The van der Waals surface area contributed by atoms with Crippen LogP contribution in [0.25, 0.3) is 0 Å². The van der Waals surface area contributed by atoms with Crippen LogP contribution in [0.1, 0.15) is 16.7 Å². The minimum Gasteiger partial charge on any atom is -0.488 e. The molecule has 0 saturated carbocycles. The molecule has 0 heterocycles. The lowest BCUT2D eigenvalue weighted by Gasteiger charge is -2.14. The topological polar surface area (TPSA) is 21.3 Å². The third kappa shape index (κ3) is 5.46. The summed E-state index contributed by atoms with van der Waals surface area (Å²) in [4.78, 5) is 0. The van der Waals surface area contributed by atoms with Gasteiger partial charge >= 0.3 is 0 Å². The summed E-state index contributed by atoms with van der Waals surface area (Å²) >= 11 is 24.5. The zero-order chi connectivity index (χ0) is 19.4. The number of ether oxygens (including phenoxy) is 1. The molecule has 3 aromatic rings. The molecule has 0 aliphatic carbocycles. The molecule has 6 heteroatoms. The predicted octanol–water partition coefficient (Wildman–Crippen LogP) is 7.80. The van der Waals surface area contributed by atoms with Crippen molar-refractivity contribution in [3.63, 3.8) is 0 Å². The molecule has 0 fully saturated rings. The number of nitrogens with one attached hydrogen (secondary N) is 1. The molecule has 0 unspecified atom stereocenters. The van der Waals surface area contributed by atoms with E-state index in [9.17, 15) is 0 Å². The van der Waals surface area contributed by atoms with Gasteiger partial charge < -0.3 is 10.1 Å². The Labute approximate surface area is 179 Å². The van der Waals surface area contributed by atoms with Gasteiger partial charge in [0.15, 0.2) is 0 Å². The lowest BCUT2D eigenvalue weighted by molar-refractivity contribution is 0.303. The van der Waals surface area contributed by atoms with Gasteiger partial charge in [0, 0.05) is 43.4 Å². The van der Waals surface area contributed by atoms with Crippen molar-refractivity contribution in [2.45, 2.75) is 20.1 Å². The smallest absolute Gasteiger partial charge is 0.124 e. The third-order valence-electron chi connectivity index (χ3n) is 4.08. The summed E-state index contributed by atoms with van der Waals surface area (Å²) in [7, 11) is 0.